The molecule has 1 amide bonds. The number of carbonyl (C=O) groups is 1. The maximum atomic E-state index is 12.5. The highest BCUT2D eigenvalue weighted by Gasteiger charge is 2.28. The van der Waals surface area contributed by atoms with E-state index in [1.165, 1.54) is 0 Å². The van der Waals surface area contributed by atoms with Crippen molar-refractivity contribution in [3.63, 3.8) is 0 Å². The van der Waals surface area contributed by atoms with Gasteiger partial charge >= 0.3 is 0 Å². The molecule has 0 aliphatic carbocycles. The monoisotopic (exact) mass is 277 g/mol. The summed E-state index contributed by atoms with van der Waals surface area (Å²) in [5, 5.41) is 2.97. The van der Waals surface area contributed by atoms with Crippen LogP contribution in [0.5, 0.6) is 0 Å². The molecule has 1 aliphatic rings. The van der Waals surface area contributed by atoms with E-state index in [0.29, 0.717) is 17.3 Å². The second kappa shape index (κ2) is 7.24. The van der Waals surface area contributed by atoms with Gasteiger partial charge in [0, 0.05) is 38.9 Å². The molecule has 0 unspecified atom stereocenters. The highest BCUT2D eigenvalue weighted by atomic mass is 16.5. The number of aromatic nitrogens is 1. The third-order valence-electron chi connectivity index (χ3n) is 3.55. The van der Waals surface area contributed by atoms with E-state index >= 15 is 0 Å². The molecule has 0 radical (unpaired) electrons. The lowest BCUT2D eigenvalue weighted by Crippen LogP contribution is -2.30. The van der Waals surface area contributed by atoms with E-state index in [-0.39, 0.29) is 5.91 Å². The van der Waals surface area contributed by atoms with Crippen LogP contribution in [0.1, 0.15) is 30.1 Å². The normalized spacial score (nSPS) is 18.3. The van der Waals surface area contributed by atoms with Gasteiger partial charge in [0.05, 0.1) is 12.2 Å². The lowest BCUT2D eigenvalue weighted by Gasteiger charge is -2.18. The average molecular weight is 277 g/mol. The van der Waals surface area contributed by atoms with Gasteiger partial charge in [-0.1, -0.05) is 6.92 Å². The number of hydrogen-bond acceptors (Lipinski definition) is 4. The van der Waals surface area contributed by atoms with Crippen molar-refractivity contribution >= 4 is 11.7 Å². The minimum absolute atomic E-state index is 0.0560. The van der Waals surface area contributed by atoms with Crippen LogP contribution >= 0.6 is 0 Å². The molecular weight excluding hydrogens is 254 g/mol. The Morgan fingerprint density at radius 1 is 1.60 bits per heavy atom. The van der Waals surface area contributed by atoms with Crippen LogP contribution in [-0.2, 0) is 4.74 Å². The minimum atomic E-state index is 0.0560. The molecule has 5 heteroatoms. The van der Waals surface area contributed by atoms with Crippen LogP contribution in [0.4, 0.5) is 5.82 Å². The Labute approximate surface area is 120 Å². The fourth-order valence-corrected chi connectivity index (χ4v) is 2.49. The number of rotatable bonds is 6. The molecule has 1 aromatic heterocycles. The maximum absolute atomic E-state index is 12.5. The molecule has 0 aromatic carbocycles. The molecule has 1 fully saturated rings. The van der Waals surface area contributed by atoms with E-state index in [0.717, 1.165) is 39.1 Å². The van der Waals surface area contributed by atoms with E-state index in [1.807, 2.05) is 11.0 Å². The minimum Gasteiger partial charge on any atom is -0.381 e. The summed E-state index contributed by atoms with van der Waals surface area (Å²) in [5.41, 5.74) is 0.644. The van der Waals surface area contributed by atoms with Crippen LogP contribution in [0, 0.1) is 5.92 Å². The van der Waals surface area contributed by atoms with Crippen molar-refractivity contribution in [2.24, 2.45) is 5.92 Å². The number of nitrogens with zero attached hydrogens (tertiary/aromatic N) is 2. The van der Waals surface area contributed by atoms with Crippen LogP contribution in [0.25, 0.3) is 0 Å². The average Bonchev–Trinajstić information content (AvgIpc) is 2.95. The summed E-state index contributed by atoms with van der Waals surface area (Å²) in [4.78, 5) is 18.6. The molecule has 2 rings (SSSR count). The van der Waals surface area contributed by atoms with E-state index in [9.17, 15) is 4.79 Å². The number of anilines is 1. The van der Waals surface area contributed by atoms with Crippen LogP contribution in [0.15, 0.2) is 18.3 Å². The molecule has 2 heterocycles. The Hall–Kier alpha value is -1.62. The molecule has 20 heavy (non-hydrogen) atoms. The van der Waals surface area contributed by atoms with Crippen LogP contribution in [0.2, 0.25) is 0 Å². The van der Waals surface area contributed by atoms with E-state index in [2.05, 4.69) is 17.2 Å². The summed E-state index contributed by atoms with van der Waals surface area (Å²) in [6.07, 6.45) is 3.75. The zero-order chi connectivity index (χ0) is 14.4. The van der Waals surface area contributed by atoms with Crippen molar-refractivity contribution in [1.82, 2.24) is 9.88 Å². The van der Waals surface area contributed by atoms with Gasteiger partial charge in [-0.15, -0.1) is 0 Å². The predicted molar refractivity (Wildman–Crippen MR) is 78.9 cm³/mol. The predicted octanol–water partition coefficient (Wildman–Crippen LogP) is 2.01. The number of ether oxygens (including phenoxy) is 1. The first-order chi connectivity index (χ1) is 9.76. The number of pyridine rings is 1. The van der Waals surface area contributed by atoms with Gasteiger partial charge in [0.1, 0.15) is 5.82 Å². The Morgan fingerprint density at radius 3 is 3.20 bits per heavy atom. The van der Waals surface area contributed by atoms with E-state index in [4.69, 9.17) is 4.74 Å². The zero-order valence-electron chi connectivity index (χ0n) is 12.3. The Balaban J connectivity index is 1.94. The van der Waals surface area contributed by atoms with Crippen molar-refractivity contribution in [2.75, 3.05) is 38.7 Å². The molecule has 1 saturated heterocycles. The Kier molecular flexibility index (Phi) is 5.35. The second-order valence-corrected chi connectivity index (χ2v) is 5.13. The number of carbonyl (C=O) groups excluding carboxylic acids is 1. The van der Waals surface area contributed by atoms with Crippen molar-refractivity contribution in [2.45, 2.75) is 19.8 Å². The molecule has 1 N–H and O–H groups in total. The second-order valence-electron chi connectivity index (χ2n) is 5.13. The fourth-order valence-electron chi connectivity index (χ4n) is 2.49. The summed E-state index contributed by atoms with van der Waals surface area (Å²) in [5.74, 6) is 1.16. The van der Waals surface area contributed by atoms with Gasteiger partial charge in [0.25, 0.3) is 5.91 Å². The molecule has 1 aromatic rings. The molecule has 110 valence electrons. The van der Waals surface area contributed by atoms with Gasteiger partial charge in [-0.05, 0) is 25.0 Å². The molecule has 1 aliphatic heterocycles. The Morgan fingerprint density at radius 2 is 2.45 bits per heavy atom. The zero-order valence-corrected chi connectivity index (χ0v) is 12.3. The van der Waals surface area contributed by atoms with Crippen molar-refractivity contribution in [1.29, 1.82) is 0 Å². The first-order valence-electron chi connectivity index (χ1n) is 7.26. The number of hydrogen-bond donors (Lipinski definition) is 1. The number of nitrogens with one attached hydrogen (secondary N) is 1. The largest absolute Gasteiger partial charge is 0.381 e. The molecule has 0 spiro atoms. The van der Waals surface area contributed by atoms with Crippen LogP contribution in [-0.4, -0.2) is 49.1 Å². The van der Waals surface area contributed by atoms with Crippen molar-refractivity contribution in [3.8, 4) is 0 Å². The molecule has 0 bridgehead atoms. The van der Waals surface area contributed by atoms with Gasteiger partial charge in [-0.3, -0.25) is 4.79 Å². The standard InChI is InChI=1S/C15H23N3O2/c1-3-9-20-11-12-6-8-18(10-12)15(19)13-5-4-7-17-14(13)16-2/h4-5,7,12H,3,6,8-11H2,1-2H3,(H,16,17)/t12-/m1/s1. The highest BCUT2D eigenvalue weighted by molar-refractivity contribution is 5.98. The molecule has 5 nitrogen and oxygen atoms in total. The SMILES string of the molecule is CCCOC[C@@H]1CCN(C(=O)c2cccnc2NC)C1. The molecular formula is C15H23N3O2. The fraction of sp³-hybridized carbons (Fsp3) is 0.600. The smallest absolute Gasteiger partial charge is 0.257 e. The molecule has 1 atom stereocenters. The topological polar surface area (TPSA) is 54.5 Å². The highest BCUT2D eigenvalue weighted by Crippen LogP contribution is 2.21. The van der Waals surface area contributed by atoms with Gasteiger partial charge in [0.2, 0.25) is 0 Å². The Bertz CT molecular complexity index is 450. The summed E-state index contributed by atoms with van der Waals surface area (Å²) in [7, 11) is 1.78. The lowest BCUT2D eigenvalue weighted by molar-refractivity contribution is 0.0755. The first-order valence-corrected chi connectivity index (χ1v) is 7.26. The van der Waals surface area contributed by atoms with Crippen LogP contribution < -0.4 is 5.32 Å². The lowest BCUT2D eigenvalue weighted by atomic mass is 10.1. The summed E-state index contributed by atoms with van der Waals surface area (Å²) in [6.45, 7) is 5.24. The van der Waals surface area contributed by atoms with Crippen molar-refractivity contribution < 1.29 is 9.53 Å². The van der Waals surface area contributed by atoms with Gasteiger partial charge < -0.3 is 15.0 Å². The van der Waals surface area contributed by atoms with E-state index in [1.54, 1.807) is 19.3 Å². The first kappa shape index (κ1) is 14.8. The summed E-state index contributed by atoms with van der Waals surface area (Å²) in [6, 6.07) is 3.62. The van der Waals surface area contributed by atoms with Crippen molar-refractivity contribution in [3.05, 3.63) is 23.9 Å². The number of likely N-dealkylation sites (tertiary alicyclic amines) is 1. The molecule has 0 saturated carbocycles. The van der Waals surface area contributed by atoms with Crippen LogP contribution in [0.3, 0.4) is 0 Å². The quantitative estimate of drug-likeness (QED) is 0.808. The number of amides is 1. The maximum Gasteiger partial charge on any atom is 0.257 e. The van der Waals surface area contributed by atoms with Gasteiger partial charge in [0.15, 0.2) is 0 Å². The summed E-state index contributed by atoms with van der Waals surface area (Å²) >= 11 is 0. The third-order valence-corrected chi connectivity index (χ3v) is 3.55. The third kappa shape index (κ3) is 3.48. The van der Waals surface area contributed by atoms with Gasteiger partial charge in [-0.2, -0.15) is 0 Å². The van der Waals surface area contributed by atoms with E-state index < -0.39 is 0 Å². The van der Waals surface area contributed by atoms with Gasteiger partial charge in [-0.25, -0.2) is 4.98 Å². The summed E-state index contributed by atoms with van der Waals surface area (Å²) < 4.78 is 5.58.